The minimum absolute atomic E-state index is 0.0137. The maximum absolute atomic E-state index is 11.4. The van der Waals surface area contributed by atoms with E-state index in [1.807, 2.05) is 38.1 Å². The zero-order valence-corrected chi connectivity index (χ0v) is 21.7. The van der Waals surface area contributed by atoms with E-state index < -0.39 is 15.4 Å². The summed E-state index contributed by atoms with van der Waals surface area (Å²) in [6.07, 6.45) is 2.48. The summed E-state index contributed by atoms with van der Waals surface area (Å²) in [5.41, 5.74) is 2.25. The standard InChI is InChI=1S/C24H24Cl2N4O4S/c1-24(2,18-12-16(14-27)22(21(26)13-18)33-11-9-25)17-4-6-20(7-5-17)34-15-19-8-10-28-23(29-19)30-35(3,31)32/h4-8,10,12-13H,9,11,15H2,1-3H3,(H,28,29,30). The average Bonchev–Trinajstić information content (AvgIpc) is 2.81. The van der Waals surface area contributed by atoms with Crippen molar-refractivity contribution in [1.82, 2.24) is 9.97 Å². The molecule has 0 fully saturated rings. The Morgan fingerprint density at radius 3 is 2.46 bits per heavy atom. The molecule has 184 valence electrons. The van der Waals surface area contributed by atoms with Gasteiger partial charge in [0.25, 0.3) is 0 Å². The maximum Gasteiger partial charge on any atom is 0.236 e. The van der Waals surface area contributed by atoms with Gasteiger partial charge in [-0.05, 0) is 41.5 Å². The third-order valence-corrected chi connectivity index (χ3v) is 6.15. The van der Waals surface area contributed by atoms with E-state index in [0.717, 1.165) is 17.4 Å². The van der Waals surface area contributed by atoms with E-state index in [1.165, 1.54) is 6.20 Å². The van der Waals surface area contributed by atoms with Gasteiger partial charge in [-0.25, -0.2) is 18.4 Å². The number of nitrogens with one attached hydrogen (secondary N) is 1. The van der Waals surface area contributed by atoms with Crippen LogP contribution in [0.1, 0.15) is 36.2 Å². The van der Waals surface area contributed by atoms with Crippen molar-refractivity contribution in [2.45, 2.75) is 25.9 Å². The molecule has 1 N–H and O–H groups in total. The van der Waals surface area contributed by atoms with Gasteiger partial charge in [-0.2, -0.15) is 5.26 Å². The molecule has 0 aliphatic rings. The number of nitriles is 1. The Bertz CT molecular complexity index is 1340. The summed E-state index contributed by atoms with van der Waals surface area (Å²) >= 11 is 12.1. The van der Waals surface area contributed by atoms with Gasteiger partial charge in [-0.3, -0.25) is 4.72 Å². The first-order chi connectivity index (χ1) is 16.5. The third kappa shape index (κ3) is 6.98. The minimum atomic E-state index is -3.47. The Morgan fingerprint density at radius 2 is 1.83 bits per heavy atom. The molecule has 1 heterocycles. The molecule has 1 aromatic heterocycles. The highest BCUT2D eigenvalue weighted by atomic mass is 35.5. The predicted molar refractivity (Wildman–Crippen MR) is 136 cm³/mol. The van der Waals surface area contributed by atoms with Crippen LogP contribution in [0.4, 0.5) is 5.95 Å². The van der Waals surface area contributed by atoms with Gasteiger partial charge in [0, 0.05) is 11.6 Å². The van der Waals surface area contributed by atoms with E-state index in [4.69, 9.17) is 32.7 Å². The molecule has 3 aromatic rings. The van der Waals surface area contributed by atoms with Gasteiger partial charge in [-0.1, -0.05) is 37.6 Å². The van der Waals surface area contributed by atoms with Crippen LogP contribution in [0.5, 0.6) is 11.5 Å². The quantitative estimate of drug-likeness (QED) is 0.368. The van der Waals surface area contributed by atoms with Gasteiger partial charge in [0.1, 0.15) is 25.0 Å². The first kappa shape index (κ1) is 26.5. The Hall–Kier alpha value is -3.06. The highest BCUT2D eigenvalue weighted by Crippen LogP contribution is 2.38. The molecule has 2 aromatic carbocycles. The summed E-state index contributed by atoms with van der Waals surface area (Å²) in [5.74, 6) is 1.22. The molecule has 11 heteroatoms. The molecule has 8 nitrogen and oxygen atoms in total. The number of anilines is 1. The van der Waals surface area contributed by atoms with Crippen molar-refractivity contribution in [2.75, 3.05) is 23.5 Å². The Labute approximate surface area is 214 Å². The van der Waals surface area contributed by atoms with Crippen LogP contribution in [0, 0.1) is 11.3 Å². The molecule has 0 unspecified atom stereocenters. The third-order valence-electron chi connectivity index (χ3n) is 5.16. The molecule has 0 saturated carbocycles. The predicted octanol–water partition coefficient (Wildman–Crippen LogP) is 4.90. The number of hydrogen-bond acceptors (Lipinski definition) is 7. The number of rotatable bonds is 10. The monoisotopic (exact) mass is 534 g/mol. The van der Waals surface area contributed by atoms with Crippen molar-refractivity contribution in [2.24, 2.45) is 0 Å². The summed E-state index contributed by atoms with van der Waals surface area (Å²) in [6.45, 7) is 4.46. The summed E-state index contributed by atoms with van der Waals surface area (Å²) in [4.78, 5) is 8.02. The molecule has 0 atom stereocenters. The Balaban J connectivity index is 1.75. The second-order valence-corrected chi connectivity index (χ2v) is 10.7. The second-order valence-electron chi connectivity index (χ2n) is 8.17. The highest BCUT2D eigenvalue weighted by molar-refractivity contribution is 7.91. The van der Waals surface area contributed by atoms with Crippen LogP contribution in [-0.2, 0) is 22.0 Å². The Kier molecular flexibility index (Phi) is 8.43. The first-order valence-corrected chi connectivity index (χ1v) is 13.3. The molecule has 35 heavy (non-hydrogen) atoms. The van der Waals surface area contributed by atoms with E-state index in [2.05, 4.69) is 20.8 Å². The topological polar surface area (TPSA) is 114 Å². The van der Waals surface area contributed by atoms with Crippen LogP contribution in [-0.4, -0.2) is 37.1 Å². The Morgan fingerprint density at radius 1 is 1.11 bits per heavy atom. The number of halogens is 2. The first-order valence-electron chi connectivity index (χ1n) is 10.5. The number of nitrogens with zero attached hydrogens (tertiary/aromatic N) is 3. The van der Waals surface area contributed by atoms with Gasteiger partial charge in [0.05, 0.1) is 28.4 Å². The molecule has 0 amide bonds. The fourth-order valence-corrected chi connectivity index (χ4v) is 4.09. The number of hydrogen-bond donors (Lipinski definition) is 1. The fourth-order valence-electron chi connectivity index (χ4n) is 3.31. The lowest BCUT2D eigenvalue weighted by molar-refractivity contribution is 0.301. The van der Waals surface area contributed by atoms with Crippen molar-refractivity contribution < 1.29 is 17.9 Å². The van der Waals surface area contributed by atoms with E-state index in [-0.39, 0.29) is 19.2 Å². The zero-order chi connectivity index (χ0) is 25.6. The van der Waals surface area contributed by atoms with Crippen molar-refractivity contribution in [3.05, 3.63) is 76.1 Å². The van der Waals surface area contributed by atoms with Crippen molar-refractivity contribution in [3.8, 4) is 17.6 Å². The molecule has 0 spiro atoms. The van der Waals surface area contributed by atoms with E-state index in [1.54, 1.807) is 18.2 Å². The van der Waals surface area contributed by atoms with Crippen LogP contribution < -0.4 is 14.2 Å². The zero-order valence-electron chi connectivity index (χ0n) is 19.4. The summed E-state index contributed by atoms with van der Waals surface area (Å²) in [7, 11) is -3.47. The van der Waals surface area contributed by atoms with Gasteiger partial charge < -0.3 is 9.47 Å². The molecular weight excluding hydrogens is 511 g/mol. The summed E-state index contributed by atoms with van der Waals surface area (Å²) < 4.78 is 36.3. The number of sulfonamides is 1. The van der Waals surface area contributed by atoms with Crippen LogP contribution in [0.2, 0.25) is 5.02 Å². The van der Waals surface area contributed by atoms with Crippen molar-refractivity contribution in [1.29, 1.82) is 5.26 Å². The largest absolute Gasteiger partial charge is 0.489 e. The second kappa shape index (κ2) is 11.1. The molecular formula is C24H24Cl2N4O4S. The van der Waals surface area contributed by atoms with Crippen LogP contribution in [0.25, 0.3) is 0 Å². The van der Waals surface area contributed by atoms with Gasteiger partial charge in [0.15, 0.2) is 5.75 Å². The van der Waals surface area contributed by atoms with Gasteiger partial charge in [0.2, 0.25) is 16.0 Å². The van der Waals surface area contributed by atoms with Crippen molar-refractivity contribution >= 4 is 39.2 Å². The molecule has 0 aliphatic carbocycles. The van der Waals surface area contributed by atoms with Crippen LogP contribution in [0.15, 0.2) is 48.7 Å². The van der Waals surface area contributed by atoms with E-state index >= 15 is 0 Å². The summed E-state index contributed by atoms with van der Waals surface area (Å²) in [6, 6.07) is 14.9. The number of benzene rings is 2. The number of ether oxygens (including phenoxy) is 2. The molecule has 0 bridgehead atoms. The van der Waals surface area contributed by atoms with Gasteiger partial charge in [-0.15, -0.1) is 11.6 Å². The summed E-state index contributed by atoms with van der Waals surface area (Å²) in [5, 5.41) is 9.94. The van der Waals surface area contributed by atoms with E-state index in [0.29, 0.717) is 33.7 Å². The van der Waals surface area contributed by atoms with Crippen LogP contribution >= 0.6 is 23.2 Å². The van der Waals surface area contributed by atoms with Crippen LogP contribution in [0.3, 0.4) is 0 Å². The SMILES string of the molecule is CC(C)(c1ccc(OCc2ccnc(NS(C)(=O)=O)n2)cc1)c1cc(Cl)c(OCCCl)c(C#N)c1. The van der Waals surface area contributed by atoms with E-state index in [9.17, 15) is 13.7 Å². The smallest absolute Gasteiger partial charge is 0.236 e. The molecule has 3 rings (SSSR count). The fraction of sp³-hybridized carbons (Fsp3) is 0.292. The molecule has 0 radical (unpaired) electrons. The number of aromatic nitrogens is 2. The van der Waals surface area contributed by atoms with Crippen molar-refractivity contribution in [3.63, 3.8) is 0 Å². The highest BCUT2D eigenvalue weighted by Gasteiger charge is 2.26. The average molecular weight is 535 g/mol. The lowest BCUT2D eigenvalue weighted by Crippen LogP contribution is -2.19. The molecule has 0 saturated heterocycles. The maximum atomic E-state index is 11.4. The lowest BCUT2D eigenvalue weighted by Gasteiger charge is -2.27. The van der Waals surface area contributed by atoms with Gasteiger partial charge >= 0.3 is 0 Å². The number of alkyl halides is 1. The normalized spacial score (nSPS) is 11.5. The lowest BCUT2D eigenvalue weighted by atomic mass is 9.77. The minimum Gasteiger partial charge on any atom is -0.489 e. The molecule has 0 aliphatic heterocycles.